The van der Waals surface area contributed by atoms with Crippen LogP contribution < -0.4 is 4.74 Å². The van der Waals surface area contributed by atoms with Gasteiger partial charge in [-0.2, -0.15) is 0 Å². The van der Waals surface area contributed by atoms with E-state index in [1.54, 1.807) is 18.4 Å². The average molecular weight is 240 g/mol. The highest BCUT2D eigenvalue weighted by Crippen LogP contribution is 2.38. The van der Waals surface area contributed by atoms with Gasteiger partial charge in [-0.1, -0.05) is 36.4 Å². The summed E-state index contributed by atoms with van der Waals surface area (Å²) in [4.78, 5) is 0. The van der Waals surface area contributed by atoms with Gasteiger partial charge in [-0.25, -0.2) is 0 Å². The predicted molar refractivity (Wildman–Crippen MR) is 73.8 cm³/mol. The quantitative estimate of drug-likeness (QED) is 0.637. The van der Waals surface area contributed by atoms with Crippen LogP contribution in [0.5, 0.6) is 5.75 Å². The van der Waals surface area contributed by atoms with Gasteiger partial charge < -0.3 is 4.74 Å². The molecule has 0 bridgehead atoms. The molecule has 1 heterocycles. The highest BCUT2D eigenvalue weighted by atomic mass is 32.1. The van der Waals surface area contributed by atoms with Crippen LogP contribution in [-0.2, 0) is 0 Å². The molecule has 0 aliphatic rings. The molecule has 0 saturated carbocycles. The summed E-state index contributed by atoms with van der Waals surface area (Å²) in [6, 6.07) is 16.6. The van der Waals surface area contributed by atoms with Gasteiger partial charge in [0.15, 0.2) is 0 Å². The van der Waals surface area contributed by atoms with Crippen molar-refractivity contribution in [1.82, 2.24) is 0 Å². The topological polar surface area (TPSA) is 9.23 Å². The zero-order valence-corrected chi connectivity index (χ0v) is 10.3. The number of para-hydroxylation sites is 1. The number of hydrogen-bond donors (Lipinski definition) is 0. The maximum absolute atomic E-state index is 5.42. The predicted octanol–water partition coefficient (Wildman–Crippen LogP) is 4.58. The van der Waals surface area contributed by atoms with E-state index in [0.717, 1.165) is 11.3 Å². The Kier molecular flexibility index (Phi) is 2.57. The van der Waals surface area contributed by atoms with Crippen LogP contribution in [0.25, 0.3) is 21.2 Å². The zero-order valence-electron chi connectivity index (χ0n) is 9.51. The van der Waals surface area contributed by atoms with Crippen molar-refractivity contribution in [2.75, 3.05) is 7.11 Å². The summed E-state index contributed by atoms with van der Waals surface area (Å²) < 4.78 is 6.74. The highest BCUT2D eigenvalue weighted by Gasteiger charge is 2.09. The molecule has 3 aromatic rings. The number of fused-ring (bicyclic) bond motifs is 1. The summed E-state index contributed by atoms with van der Waals surface area (Å²) in [5, 5.41) is 3.49. The van der Waals surface area contributed by atoms with Gasteiger partial charge in [0, 0.05) is 21.2 Å². The van der Waals surface area contributed by atoms with Crippen molar-refractivity contribution in [1.29, 1.82) is 0 Å². The van der Waals surface area contributed by atoms with E-state index >= 15 is 0 Å². The molecule has 17 heavy (non-hydrogen) atoms. The molecule has 2 heteroatoms. The van der Waals surface area contributed by atoms with Crippen molar-refractivity contribution < 1.29 is 4.74 Å². The van der Waals surface area contributed by atoms with Crippen molar-refractivity contribution in [3.05, 3.63) is 53.9 Å². The Morgan fingerprint density at radius 3 is 2.53 bits per heavy atom. The molecule has 0 aliphatic carbocycles. The second-order valence-corrected chi connectivity index (χ2v) is 4.76. The van der Waals surface area contributed by atoms with Crippen molar-refractivity contribution in [3.63, 3.8) is 0 Å². The SMILES string of the molecule is COc1ccccc1-c1csc2ccccc12. The molecule has 0 saturated heterocycles. The first kappa shape index (κ1) is 10.4. The van der Waals surface area contributed by atoms with Crippen LogP contribution >= 0.6 is 11.3 Å². The summed E-state index contributed by atoms with van der Waals surface area (Å²) in [5.74, 6) is 0.927. The van der Waals surface area contributed by atoms with Gasteiger partial charge in [0.2, 0.25) is 0 Å². The minimum Gasteiger partial charge on any atom is -0.496 e. The summed E-state index contributed by atoms with van der Waals surface area (Å²) >= 11 is 1.77. The summed E-state index contributed by atoms with van der Waals surface area (Å²) in [6.45, 7) is 0. The van der Waals surface area contributed by atoms with Gasteiger partial charge >= 0.3 is 0 Å². The third-order valence-electron chi connectivity index (χ3n) is 2.88. The smallest absolute Gasteiger partial charge is 0.126 e. The second-order valence-electron chi connectivity index (χ2n) is 3.85. The van der Waals surface area contributed by atoms with Crippen LogP contribution in [0.4, 0.5) is 0 Å². The van der Waals surface area contributed by atoms with Crippen LogP contribution in [0.3, 0.4) is 0 Å². The Balaban J connectivity index is 2.27. The molecule has 1 aromatic heterocycles. The minimum absolute atomic E-state index is 0.927. The first-order chi connectivity index (χ1) is 8.40. The molecule has 0 N–H and O–H groups in total. The van der Waals surface area contributed by atoms with E-state index in [1.807, 2.05) is 18.2 Å². The van der Waals surface area contributed by atoms with Crippen LogP contribution in [0.2, 0.25) is 0 Å². The van der Waals surface area contributed by atoms with Crippen LogP contribution in [0, 0.1) is 0 Å². The van der Waals surface area contributed by atoms with E-state index in [1.165, 1.54) is 15.6 Å². The Morgan fingerprint density at radius 2 is 1.65 bits per heavy atom. The lowest BCUT2D eigenvalue weighted by Crippen LogP contribution is -1.86. The molecule has 1 nitrogen and oxygen atoms in total. The molecule has 0 spiro atoms. The molecular weight excluding hydrogens is 228 g/mol. The largest absolute Gasteiger partial charge is 0.496 e. The number of benzene rings is 2. The molecule has 0 radical (unpaired) electrons. The molecule has 2 aromatic carbocycles. The van der Waals surface area contributed by atoms with Gasteiger partial charge in [-0.15, -0.1) is 11.3 Å². The van der Waals surface area contributed by atoms with Crippen LogP contribution in [-0.4, -0.2) is 7.11 Å². The van der Waals surface area contributed by atoms with E-state index < -0.39 is 0 Å². The Labute approximate surface area is 104 Å². The third-order valence-corrected chi connectivity index (χ3v) is 3.84. The van der Waals surface area contributed by atoms with Crippen molar-refractivity contribution in [2.45, 2.75) is 0 Å². The number of hydrogen-bond acceptors (Lipinski definition) is 2. The Bertz CT molecular complexity index is 655. The maximum Gasteiger partial charge on any atom is 0.126 e. The highest BCUT2D eigenvalue weighted by molar-refractivity contribution is 7.17. The molecule has 0 fully saturated rings. The summed E-state index contributed by atoms with van der Waals surface area (Å²) in [7, 11) is 1.72. The molecular formula is C15H12OS. The molecule has 0 aliphatic heterocycles. The number of rotatable bonds is 2. The maximum atomic E-state index is 5.42. The fraction of sp³-hybridized carbons (Fsp3) is 0.0667. The lowest BCUT2D eigenvalue weighted by atomic mass is 10.0. The number of ether oxygens (including phenoxy) is 1. The van der Waals surface area contributed by atoms with Crippen molar-refractivity contribution >= 4 is 21.4 Å². The second kappa shape index (κ2) is 4.22. The lowest BCUT2D eigenvalue weighted by molar-refractivity contribution is 0.416. The van der Waals surface area contributed by atoms with Crippen molar-refractivity contribution in [2.24, 2.45) is 0 Å². The monoisotopic (exact) mass is 240 g/mol. The average Bonchev–Trinajstić information content (AvgIpc) is 2.82. The molecule has 0 atom stereocenters. The third kappa shape index (κ3) is 1.71. The van der Waals surface area contributed by atoms with E-state index in [9.17, 15) is 0 Å². The zero-order chi connectivity index (χ0) is 11.7. The summed E-state index contributed by atoms with van der Waals surface area (Å²) in [6.07, 6.45) is 0. The van der Waals surface area contributed by atoms with E-state index in [2.05, 4.69) is 35.7 Å². The molecule has 0 amide bonds. The first-order valence-electron chi connectivity index (χ1n) is 5.50. The van der Waals surface area contributed by atoms with Crippen molar-refractivity contribution in [3.8, 4) is 16.9 Å². The van der Waals surface area contributed by atoms with Crippen LogP contribution in [0.1, 0.15) is 0 Å². The summed E-state index contributed by atoms with van der Waals surface area (Å²) in [5.41, 5.74) is 2.41. The minimum atomic E-state index is 0.927. The number of thiophene rings is 1. The van der Waals surface area contributed by atoms with E-state index in [0.29, 0.717) is 0 Å². The normalized spacial score (nSPS) is 10.6. The van der Waals surface area contributed by atoms with Gasteiger partial charge in [0.25, 0.3) is 0 Å². The van der Waals surface area contributed by atoms with Gasteiger partial charge in [0.1, 0.15) is 5.75 Å². The first-order valence-corrected chi connectivity index (χ1v) is 6.38. The van der Waals surface area contributed by atoms with Gasteiger partial charge in [-0.3, -0.25) is 0 Å². The Hall–Kier alpha value is -1.80. The van der Waals surface area contributed by atoms with E-state index in [-0.39, 0.29) is 0 Å². The Morgan fingerprint density at radius 1 is 0.882 bits per heavy atom. The van der Waals surface area contributed by atoms with Gasteiger partial charge in [-0.05, 0) is 17.5 Å². The van der Waals surface area contributed by atoms with Gasteiger partial charge in [0.05, 0.1) is 7.11 Å². The standard InChI is InChI=1S/C15H12OS/c1-16-14-8-4-2-6-11(14)13-10-17-15-9-5-3-7-12(13)15/h2-10H,1H3. The molecule has 3 rings (SSSR count). The number of methoxy groups -OCH3 is 1. The van der Waals surface area contributed by atoms with E-state index in [4.69, 9.17) is 4.74 Å². The fourth-order valence-electron chi connectivity index (χ4n) is 2.05. The lowest BCUT2D eigenvalue weighted by Gasteiger charge is -2.06. The van der Waals surface area contributed by atoms with Crippen LogP contribution in [0.15, 0.2) is 53.9 Å². The fourth-order valence-corrected chi connectivity index (χ4v) is 3.01. The molecule has 84 valence electrons. The molecule has 0 unspecified atom stereocenters.